The zero-order chi connectivity index (χ0) is 14.5. The minimum Gasteiger partial charge on any atom is -0.481 e. The van der Waals surface area contributed by atoms with Crippen LogP contribution in [-0.4, -0.2) is 38.8 Å². The van der Waals surface area contributed by atoms with Gasteiger partial charge in [-0.2, -0.15) is 0 Å². The van der Waals surface area contributed by atoms with Crippen LogP contribution < -0.4 is 0 Å². The Morgan fingerprint density at radius 3 is 2.85 bits per heavy atom. The highest BCUT2D eigenvalue weighted by Crippen LogP contribution is 2.43. The fraction of sp³-hybridized carbons (Fsp3) is 0.429. The molecule has 1 aromatic heterocycles. The van der Waals surface area contributed by atoms with E-state index in [1.165, 1.54) is 6.20 Å². The molecule has 0 radical (unpaired) electrons. The maximum Gasteiger partial charge on any atom is 0.311 e. The Hall–Kier alpha value is -2.24. The zero-order valence-electron chi connectivity index (χ0n) is 11.0. The van der Waals surface area contributed by atoms with Gasteiger partial charge in [0.25, 0.3) is 11.8 Å². The number of aliphatic carboxylic acids is 1. The topological polar surface area (TPSA) is 87.6 Å². The summed E-state index contributed by atoms with van der Waals surface area (Å²) in [4.78, 5) is 41.3. The second-order valence-corrected chi connectivity index (χ2v) is 5.51. The molecule has 0 saturated heterocycles. The highest BCUT2D eigenvalue weighted by molar-refractivity contribution is 6.20. The molecular formula is C14H14N2O4. The second kappa shape index (κ2) is 4.13. The fourth-order valence-electron chi connectivity index (χ4n) is 3.18. The maximum atomic E-state index is 12.4. The Morgan fingerprint density at radius 1 is 1.45 bits per heavy atom. The summed E-state index contributed by atoms with van der Waals surface area (Å²) in [5, 5.41) is 9.43. The van der Waals surface area contributed by atoms with E-state index < -0.39 is 29.2 Å². The number of amides is 2. The van der Waals surface area contributed by atoms with Gasteiger partial charge in [-0.05, 0) is 31.9 Å². The van der Waals surface area contributed by atoms with Crippen LogP contribution in [0.2, 0.25) is 0 Å². The van der Waals surface area contributed by atoms with Gasteiger partial charge in [-0.1, -0.05) is 6.42 Å². The van der Waals surface area contributed by atoms with E-state index in [1.807, 2.05) is 0 Å². The molecule has 6 heteroatoms. The Kier molecular flexibility index (Phi) is 2.64. The SMILES string of the molecule is CC1(C(=O)O)CCCC1N1C(=O)c2cccnc2C1=O. The molecule has 1 fully saturated rings. The number of carbonyl (C=O) groups is 3. The molecule has 1 aliphatic heterocycles. The summed E-state index contributed by atoms with van der Waals surface area (Å²) in [6, 6.07) is 2.54. The predicted octanol–water partition coefficient (Wildman–Crippen LogP) is 1.32. The summed E-state index contributed by atoms with van der Waals surface area (Å²) < 4.78 is 0. The molecule has 3 rings (SSSR count). The average Bonchev–Trinajstić information content (AvgIpc) is 2.92. The van der Waals surface area contributed by atoms with Crippen LogP contribution in [-0.2, 0) is 4.79 Å². The molecule has 1 aromatic rings. The highest BCUT2D eigenvalue weighted by Gasteiger charge is 2.53. The van der Waals surface area contributed by atoms with Crippen molar-refractivity contribution in [3.63, 3.8) is 0 Å². The molecule has 104 valence electrons. The summed E-state index contributed by atoms with van der Waals surface area (Å²) >= 11 is 0. The number of carboxylic acids is 1. The molecule has 0 aromatic carbocycles. The summed E-state index contributed by atoms with van der Waals surface area (Å²) in [5.74, 6) is -1.88. The first-order chi connectivity index (χ1) is 9.47. The quantitative estimate of drug-likeness (QED) is 0.822. The molecule has 2 amide bonds. The number of carbonyl (C=O) groups excluding carboxylic acids is 2. The molecule has 20 heavy (non-hydrogen) atoms. The number of pyridine rings is 1. The van der Waals surface area contributed by atoms with Crippen molar-refractivity contribution in [2.45, 2.75) is 32.2 Å². The Bertz CT molecular complexity index is 592. The van der Waals surface area contributed by atoms with Crippen molar-refractivity contribution in [3.8, 4) is 0 Å². The molecular weight excluding hydrogens is 260 g/mol. The van der Waals surface area contributed by atoms with Gasteiger partial charge in [0.05, 0.1) is 17.0 Å². The van der Waals surface area contributed by atoms with Crippen LogP contribution in [0, 0.1) is 5.41 Å². The van der Waals surface area contributed by atoms with Crippen molar-refractivity contribution in [1.29, 1.82) is 0 Å². The van der Waals surface area contributed by atoms with Gasteiger partial charge in [0.1, 0.15) is 5.69 Å². The Morgan fingerprint density at radius 2 is 2.20 bits per heavy atom. The average molecular weight is 274 g/mol. The molecule has 2 heterocycles. The van der Waals surface area contributed by atoms with Gasteiger partial charge < -0.3 is 5.11 Å². The number of carboxylic acid groups (broad SMARTS) is 1. The Labute approximate surface area is 115 Å². The molecule has 1 N–H and O–H groups in total. The first kappa shape index (κ1) is 12.8. The van der Waals surface area contributed by atoms with E-state index in [4.69, 9.17) is 0 Å². The van der Waals surface area contributed by atoms with E-state index in [1.54, 1.807) is 19.1 Å². The summed E-state index contributed by atoms with van der Waals surface area (Å²) in [6.45, 7) is 1.60. The number of aromatic nitrogens is 1. The lowest BCUT2D eigenvalue weighted by Gasteiger charge is -2.32. The molecule has 2 unspecified atom stereocenters. The van der Waals surface area contributed by atoms with Crippen LogP contribution in [0.1, 0.15) is 47.0 Å². The van der Waals surface area contributed by atoms with Crippen LogP contribution in [0.15, 0.2) is 18.3 Å². The lowest BCUT2D eigenvalue weighted by Crippen LogP contribution is -2.49. The van der Waals surface area contributed by atoms with E-state index in [2.05, 4.69) is 4.98 Å². The molecule has 2 aliphatic rings. The van der Waals surface area contributed by atoms with Gasteiger partial charge in [0.2, 0.25) is 0 Å². The standard InChI is InChI=1S/C14H14N2O4/c1-14(13(19)20)6-2-5-9(14)16-11(17)8-4-3-7-15-10(8)12(16)18/h3-4,7,9H,2,5-6H2,1H3,(H,19,20). The molecule has 1 saturated carbocycles. The fourth-order valence-corrected chi connectivity index (χ4v) is 3.18. The van der Waals surface area contributed by atoms with Crippen molar-refractivity contribution in [3.05, 3.63) is 29.6 Å². The van der Waals surface area contributed by atoms with Crippen LogP contribution in [0.4, 0.5) is 0 Å². The molecule has 0 bridgehead atoms. The maximum absolute atomic E-state index is 12.4. The van der Waals surface area contributed by atoms with E-state index in [9.17, 15) is 19.5 Å². The van der Waals surface area contributed by atoms with Crippen LogP contribution in [0.25, 0.3) is 0 Å². The van der Waals surface area contributed by atoms with Crippen molar-refractivity contribution in [2.24, 2.45) is 5.41 Å². The Balaban J connectivity index is 2.03. The monoisotopic (exact) mass is 274 g/mol. The van der Waals surface area contributed by atoms with Gasteiger partial charge in [0, 0.05) is 6.20 Å². The predicted molar refractivity (Wildman–Crippen MR) is 68.1 cm³/mol. The summed E-state index contributed by atoms with van der Waals surface area (Å²) in [5.41, 5.74) is -0.692. The van der Waals surface area contributed by atoms with Crippen LogP contribution >= 0.6 is 0 Å². The minimum absolute atomic E-state index is 0.122. The van der Waals surface area contributed by atoms with Gasteiger partial charge in [-0.25, -0.2) is 0 Å². The number of rotatable bonds is 2. The smallest absolute Gasteiger partial charge is 0.311 e. The number of fused-ring (bicyclic) bond motifs is 1. The van der Waals surface area contributed by atoms with Crippen molar-refractivity contribution in [2.75, 3.05) is 0 Å². The van der Waals surface area contributed by atoms with Gasteiger partial charge >= 0.3 is 5.97 Å². The van der Waals surface area contributed by atoms with Crippen LogP contribution in [0.5, 0.6) is 0 Å². The van der Waals surface area contributed by atoms with E-state index >= 15 is 0 Å². The van der Waals surface area contributed by atoms with Gasteiger partial charge in [0.15, 0.2) is 0 Å². The third-order valence-electron chi connectivity index (χ3n) is 4.39. The third kappa shape index (κ3) is 1.51. The largest absolute Gasteiger partial charge is 0.481 e. The van der Waals surface area contributed by atoms with Crippen molar-refractivity contribution >= 4 is 17.8 Å². The summed E-state index contributed by atoms with van der Waals surface area (Å²) in [6.07, 6.45) is 3.13. The minimum atomic E-state index is -1.08. The number of imide groups is 1. The second-order valence-electron chi connectivity index (χ2n) is 5.51. The lowest BCUT2D eigenvalue weighted by molar-refractivity contribution is -0.149. The zero-order valence-corrected chi connectivity index (χ0v) is 11.0. The first-order valence-corrected chi connectivity index (χ1v) is 6.53. The molecule has 1 aliphatic carbocycles. The van der Waals surface area contributed by atoms with Gasteiger partial charge in [-0.15, -0.1) is 0 Å². The van der Waals surface area contributed by atoms with E-state index in [0.29, 0.717) is 19.3 Å². The van der Waals surface area contributed by atoms with Crippen molar-refractivity contribution in [1.82, 2.24) is 9.88 Å². The number of hydrogen-bond donors (Lipinski definition) is 1. The van der Waals surface area contributed by atoms with Crippen molar-refractivity contribution < 1.29 is 19.5 Å². The molecule has 6 nitrogen and oxygen atoms in total. The van der Waals surface area contributed by atoms with Crippen LogP contribution in [0.3, 0.4) is 0 Å². The lowest BCUT2D eigenvalue weighted by atomic mass is 9.84. The normalized spacial score (nSPS) is 28.9. The highest BCUT2D eigenvalue weighted by atomic mass is 16.4. The third-order valence-corrected chi connectivity index (χ3v) is 4.39. The summed E-state index contributed by atoms with van der Waals surface area (Å²) in [7, 11) is 0. The molecule has 2 atom stereocenters. The van der Waals surface area contributed by atoms with Gasteiger partial charge in [-0.3, -0.25) is 24.3 Å². The molecule has 0 spiro atoms. The van der Waals surface area contributed by atoms with E-state index in [-0.39, 0.29) is 11.3 Å². The van der Waals surface area contributed by atoms with E-state index in [0.717, 1.165) is 4.90 Å². The number of nitrogens with zero attached hydrogens (tertiary/aromatic N) is 2. The number of hydrogen-bond acceptors (Lipinski definition) is 4. The first-order valence-electron chi connectivity index (χ1n) is 6.53.